The minimum Gasteiger partial charge on any atom is -0.495 e. The molecule has 12 nitrogen and oxygen atoms in total. The minimum absolute atomic E-state index is 0.0699. The molecule has 0 bridgehead atoms. The van der Waals surface area contributed by atoms with Gasteiger partial charge in [0.25, 0.3) is 5.91 Å². The lowest BCUT2D eigenvalue weighted by Gasteiger charge is -2.32. The monoisotopic (exact) mass is 826 g/mol. The number of hydrogen-bond acceptors (Lipinski definition) is 11. The molecular weight excluding hydrogens is 776 g/mol. The Hall–Kier alpha value is -4.85. The molecule has 1 saturated carbocycles. The fourth-order valence-corrected chi connectivity index (χ4v) is 9.62. The number of methoxy groups -OCH3 is 1. The Balaban J connectivity index is 0.956. The summed E-state index contributed by atoms with van der Waals surface area (Å²) < 4.78 is 31.8. The van der Waals surface area contributed by atoms with Gasteiger partial charge in [0.1, 0.15) is 16.6 Å². The van der Waals surface area contributed by atoms with Crippen molar-refractivity contribution in [2.45, 2.75) is 101 Å². The van der Waals surface area contributed by atoms with Crippen molar-refractivity contribution in [3.63, 3.8) is 0 Å². The number of sulfone groups is 1. The molecule has 2 aliphatic heterocycles. The van der Waals surface area contributed by atoms with E-state index in [1.165, 1.54) is 17.3 Å². The number of aromatic nitrogens is 2. The van der Waals surface area contributed by atoms with Crippen molar-refractivity contribution < 1.29 is 27.5 Å². The van der Waals surface area contributed by atoms with Gasteiger partial charge in [0.2, 0.25) is 5.95 Å². The van der Waals surface area contributed by atoms with Crippen LogP contribution in [0.1, 0.15) is 97.3 Å². The number of nitrogens with zero attached hydrogens (tertiary/aromatic N) is 4. The number of nitrogens with one attached hydrogen (secondary N) is 2. The summed E-state index contributed by atoms with van der Waals surface area (Å²) in [5.74, 6) is 1.71. The van der Waals surface area contributed by atoms with Gasteiger partial charge in [-0.2, -0.15) is 4.98 Å². The first-order valence-electron chi connectivity index (χ1n) is 20.1. The smallest absolute Gasteiger partial charge is 0.255 e. The fourth-order valence-electron chi connectivity index (χ4n) is 8.28. The highest BCUT2D eigenvalue weighted by Crippen LogP contribution is 2.36. The standard InChI is InChI=1S/C44H51ClN6O6S/c1-27(2)58(55,56)41-11-6-5-9-36(41)47-42-35(45)25-46-44(49-42)48-37-22-28(3)30(24-40(37)57-4)18-21-50-19-16-29(17-20-50)31-12-14-34-32(23-31)26-51(43(34)54)38-15-13-33(52)8-7-10-39(38)53/h5-6,9,11-12,14,22-25,27,29,38H,7-8,10,13,15-21,26H2,1-4H3,(H2,46,47,48,49). The fraction of sp³-hybridized carbons (Fsp3) is 0.432. The number of para-hydroxylation sites is 1. The lowest BCUT2D eigenvalue weighted by molar-refractivity contribution is -0.126. The number of carbonyl (C=O) groups excluding carboxylic acids is 3. The maximum Gasteiger partial charge on any atom is 0.255 e. The second kappa shape index (κ2) is 17.6. The third kappa shape index (κ3) is 8.91. The largest absolute Gasteiger partial charge is 0.495 e. The zero-order chi connectivity index (χ0) is 41.1. The number of anilines is 4. The van der Waals surface area contributed by atoms with E-state index in [1.807, 2.05) is 18.2 Å². The highest BCUT2D eigenvalue weighted by Gasteiger charge is 2.37. The molecule has 14 heteroatoms. The predicted molar refractivity (Wildman–Crippen MR) is 225 cm³/mol. The third-order valence-corrected chi connectivity index (χ3v) is 14.2. The van der Waals surface area contributed by atoms with E-state index in [-0.39, 0.29) is 39.2 Å². The number of Topliss-reactive ketones (excluding diaryl/α,β-unsaturated/α-hetero) is 2. The highest BCUT2D eigenvalue weighted by atomic mass is 35.5. The predicted octanol–water partition coefficient (Wildman–Crippen LogP) is 7.97. The van der Waals surface area contributed by atoms with Crippen LogP contribution in [0.3, 0.4) is 0 Å². The Morgan fingerprint density at radius 3 is 2.48 bits per heavy atom. The number of rotatable bonds is 12. The first kappa shape index (κ1) is 41.3. The van der Waals surface area contributed by atoms with E-state index >= 15 is 0 Å². The molecule has 3 heterocycles. The van der Waals surface area contributed by atoms with E-state index in [9.17, 15) is 22.8 Å². The number of piperidine rings is 1. The first-order chi connectivity index (χ1) is 27.8. The van der Waals surface area contributed by atoms with Crippen molar-refractivity contribution in [1.29, 1.82) is 0 Å². The Bertz CT molecular complexity index is 2330. The maximum absolute atomic E-state index is 13.4. The number of ether oxygens (including phenoxy) is 1. The van der Waals surface area contributed by atoms with E-state index in [0.29, 0.717) is 67.3 Å². The SMILES string of the molecule is COc1cc(CCN2CCC(c3ccc4c(c3)CN(C3CCC(=O)CCCC3=O)C4=O)CC2)c(C)cc1Nc1ncc(Cl)c(Nc2ccccc2S(=O)(=O)C(C)C)n1. The number of aryl methyl sites for hydroxylation is 1. The second-order valence-electron chi connectivity index (χ2n) is 15.8. The summed E-state index contributed by atoms with van der Waals surface area (Å²) >= 11 is 6.47. The van der Waals surface area contributed by atoms with Crippen molar-refractivity contribution in [2.24, 2.45) is 0 Å². The van der Waals surface area contributed by atoms with E-state index in [4.69, 9.17) is 16.3 Å². The summed E-state index contributed by atoms with van der Waals surface area (Å²) in [4.78, 5) is 51.7. The lowest BCUT2D eigenvalue weighted by Crippen LogP contribution is -2.42. The normalized spacial score (nSPS) is 18.3. The van der Waals surface area contributed by atoms with Crippen LogP contribution in [-0.4, -0.2) is 83.7 Å². The Morgan fingerprint density at radius 2 is 1.72 bits per heavy atom. The van der Waals surface area contributed by atoms with Gasteiger partial charge in [0, 0.05) is 37.9 Å². The number of likely N-dealkylation sites (tertiary alicyclic amines) is 1. The maximum atomic E-state index is 13.4. The molecule has 1 saturated heterocycles. The summed E-state index contributed by atoms with van der Waals surface area (Å²) in [6.45, 7) is 8.61. The zero-order valence-electron chi connectivity index (χ0n) is 33.5. The molecule has 1 aliphatic carbocycles. The molecule has 7 rings (SSSR count). The van der Waals surface area contributed by atoms with Gasteiger partial charge >= 0.3 is 0 Å². The summed E-state index contributed by atoms with van der Waals surface area (Å²) in [5, 5.41) is 5.99. The molecule has 0 spiro atoms. The lowest BCUT2D eigenvalue weighted by atomic mass is 9.87. The first-order valence-corrected chi connectivity index (χ1v) is 22.0. The van der Waals surface area contributed by atoms with Gasteiger partial charge in [0.15, 0.2) is 21.4 Å². The summed E-state index contributed by atoms with van der Waals surface area (Å²) in [6.07, 6.45) is 6.48. The van der Waals surface area contributed by atoms with E-state index in [2.05, 4.69) is 44.6 Å². The van der Waals surface area contributed by atoms with Gasteiger partial charge in [-0.05, 0) is 124 Å². The number of ketones is 2. The average Bonchev–Trinajstić information content (AvgIpc) is 3.53. The van der Waals surface area contributed by atoms with Crippen LogP contribution in [0.25, 0.3) is 0 Å². The van der Waals surface area contributed by atoms with Gasteiger partial charge in [-0.15, -0.1) is 0 Å². The van der Waals surface area contributed by atoms with Crippen LogP contribution in [0, 0.1) is 6.92 Å². The number of hydrogen-bond donors (Lipinski definition) is 2. The van der Waals surface area contributed by atoms with Crippen molar-refractivity contribution >= 4 is 62.1 Å². The van der Waals surface area contributed by atoms with Crippen molar-refractivity contribution in [1.82, 2.24) is 19.8 Å². The highest BCUT2D eigenvalue weighted by molar-refractivity contribution is 7.92. The zero-order valence-corrected chi connectivity index (χ0v) is 35.1. The van der Waals surface area contributed by atoms with E-state index in [0.717, 1.165) is 50.0 Å². The van der Waals surface area contributed by atoms with E-state index < -0.39 is 21.1 Å². The van der Waals surface area contributed by atoms with Crippen LogP contribution in [0.15, 0.2) is 65.7 Å². The van der Waals surface area contributed by atoms with E-state index in [1.54, 1.807) is 50.1 Å². The Morgan fingerprint density at radius 1 is 0.948 bits per heavy atom. The topological polar surface area (TPSA) is 151 Å². The summed E-state index contributed by atoms with van der Waals surface area (Å²) in [5.41, 5.74) is 6.22. The molecule has 58 heavy (non-hydrogen) atoms. The van der Waals surface area contributed by atoms with Gasteiger partial charge in [-0.1, -0.05) is 35.9 Å². The van der Waals surface area contributed by atoms with Gasteiger partial charge < -0.3 is 25.2 Å². The van der Waals surface area contributed by atoms with Crippen LogP contribution in [0.4, 0.5) is 23.1 Å². The van der Waals surface area contributed by atoms with Crippen LogP contribution in [0.5, 0.6) is 5.75 Å². The summed E-state index contributed by atoms with van der Waals surface area (Å²) in [6, 6.07) is 16.4. The molecule has 2 fully saturated rings. The second-order valence-corrected chi connectivity index (χ2v) is 18.7. The molecule has 3 aliphatic rings. The Labute approximate surface area is 345 Å². The van der Waals surface area contributed by atoms with Crippen LogP contribution in [-0.2, 0) is 32.4 Å². The minimum atomic E-state index is -3.57. The molecule has 2 N–H and O–H groups in total. The average molecular weight is 827 g/mol. The molecule has 1 unspecified atom stereocenters. The van der Waals surface area contributed by atoms with Crippen LogP contribution < -0.4 is 15.4 Å². The molecule has 306 valence electrons. The molecular formula is C44H51ClN6O6S. The van der Waals surface area contributed by atoms with Gasteiger partial charge in [-0.3, -0.25) is 14.4 Å². The molecule has 1 aromatic heterocycles. The number of carbonyl (C=O) groups is 3. The molecule has 4 aromatic rings. The van der Waals surface area contributed by atoms with Crippen molar-refractivity contribution in [3.8, 4) is 5.75 Å². The number of benzene rings is 3. The van der Waals surface area contributed by atoms with Crippen molar-refractivity contribution in [2.75, 3.05) is 37.4 Å². The quantitative estimate of drug-likeness (QED) is 0.143. The van der Waals surface area contributed by atoms with Crippen LogP contribution >= 0.6 is 11.6 Å². The number of amides is 1. The van der Waals surface area contributed by atoms with Crippen LogP contribution in [0.2, 0.25) is 5.02 Å². The molecule has 0 radical (unpaired) electrons. The summed E-state index contributed by atoms with van der Waals surface area (Å²) in [7, 11) is -1.94. The number of halogens is 1. The Kier molecular flexibility index (Phi) is 12.5. The van der Waals surface area contributed by atoms with Gasteiger partial charge in [0.05, 0.1) is 40.9 Å². The molecule has 1 atom stereocenters. The molecule has 1 amide bonds. The molecule has 3 aromatic carbocycles. The number of fused-ring (bicyclic) bond motifs is 1. The van der Waals surface area contributed by atoms with Crippen molar-refractivity contribution in [3.05, 3.63) is 93.6 Å². The van der Waals surface area contributed by atoms with Gasteiger partial charge in [-0.25, -0.2) is 13.4 Å². The third-order valence-electron chi connectivity index (χ3n) is 11.8.